The molecule has 0 unspecified atom stereocenters. The van der Waals surface area contributed by atoms with Gasteiger partial charge in [-0.15, -0.1) is 5.10 Å². The second-order valence-electron chi connectivity index (χ2n) is 14.1. The van der Waals surface area contributed by atoms with E-state index in [1.165, 1.54) is 0 Å². The van der Waals surface area contributed by atoms with Crippen LogP contribution in [0.5, 0.6) is 0 Å². The first-order valence-corrected chi connectivity index (χ1v) is 16.9. The van der Waals surface area contributed by atoms with Crippen LogP contribution < -0.4 is 11.1 Å². The number of aromatic nitrogens is 3. The number of hydrogen-bond acceptors (Lipinski definition) is 10. The maximum absolute atomic E-state index is 13.6. The smallest absolute Gasteiger partial charge is 0.410 e. The lowest BCUT2D eigenvalue weighted by Gasteiger charge is -2.41. The van der Waals surface area contributed by atoms with Crippen molar-refractivity contribution in [3.05, 3.63) is 30.5 Å². The number of methoxy groups -OCH3 is 1. The first-order valence-electron chi connectivity index (χ1n) is 16.9. The van der Waals surface area contributed by atoms with Gasteiger partial charge in [0.1, 0.15) is 31.3 Å². The monoisotopic (exact) mass is 652 g/mol. The number of amides is 1. The van der Waals surface area contributed by atoms with Crippen molar-refractivity contribution in [1.29, 1.82) is 0 Å². The third-order valence-corrected chi connectivity index (χ3v) is 10.7. The highest BCUT2D eigenvalue weighted by Crippen LogP contribution is 2.40. The number of nitrogens with one attached hydrogen (secondary N) is 1. The lowest BCUT2D eigenvalue weighted by molar-refractivity contribution is -0.170. The third-order valence-electron chi connectivity index (χ3n) is 10.7. The van der Waals surface area contributed by atoms with E-state index in [1.54, 1.807) is 23.6 Å². The number of benzene rings is 1. The fraction of sp³-hybridized carbons (Fsp3) is 0.676. The number of hydrogen-bond donors (Lipinski definition) is 2. The number of carbonyl (C=O) groups excluding carboxylic acids is 3. The summed E-state index contributed by atoms with van der Waals surface area (Å²) in [6.07, 6.45) is 2.34. The van der Waals surface area contributed by atoms with Crippen molar-refractivity contribution < 1.29 is 28.6 Å². The van der Waals surface area contributed by atoms with Crippen LogP contribution in [0.3, 0.4) is 0 Å². The molecule has 0 radical (unpaired) electrons. The number of carbonyl (C=O) groups is 3. The van der Waals surface area contributed by atoms with Crippen LogP contribution in [0.25, 0.3) is 11.3 Å². The molecule has 47 heavy (non-hydrogen) atoms. The number of ether oxygens (including phenoxy) is 3. The van der Waals surface area contributed by atoms with E-state index >= 15 is 0 Å². The first-order chi connectivity index (χ1) is 22.1. The molecule has 2 aliphatic rings. The Morgan fingerprint density at radius 1 is 1.15 bits per heavy atom. The summed E-state index contributed by atoms with van der Waals surface area (Å²) in [5.41, 5.74) is 6.44. The van der Waals surface area contributed by atoms with Crippen molar-refractivity contribution in [2.24, 2.45) is 17.8 Å². The van der Waals surface area contributed by atoms with E-state index < -0.39 is 47.2 Å². The van der Waals surface area contributed by atoms with Crippen LogP contribution >= 0.6 is 0 Å². The van der Waals surface area contributed by atoms with E-state index in [0.717, 1.165) is 5.56 Å². The molecule has 13 heteroatoms. The number of cyclic esters (lactones) is 1. The van der Waals surface area contributed by atoms with E-state index in [-0.39, 0.29) is 23.6 Å². The van der Waals surface area contributed by atoms with Crippen LogP contribution in [0, 0.1) is 17.8 Å². The predicted molar refractivity (Wildman–Crippen MR) is 182 cm³/mol. The second kappa shape index (κ2) is 14.8. The molecule has 258 valence electrons. The number of fused-ring (bicyclic) bond motifs is 1. The van der Waals surface area contributed by atoms with Gasteiger partial charge in [-0.1, -0.05) is 38.1 Å². The average molecular weight is 653 g/mol. The van der Waals surface area contributed by atoms with Crippen molar-refractivity contribution >= 4 is 31.4 Å². The minimum atomic E-state index is -1.16. The van der Waals surface area contributed by atoms with Gasteiger partial charge in [-0.3, -0.25) is 19.2 Å². The Bertz CT molecular complexity index is 1420. The summed E-state index contributed by atoms with van der Waals surface area (Å²) in [5, 5.41) is 12.2. The molecule has 9 atom stereocenters. The Balaban J connectivity index is 1.59. The average Bonchev–Trinajstić information content (AvgIpc) is 3.62. The number of nitrogens with zero attached hydrogens (tertiary/aromatic N) is 4. The van der Waals surface area contributed by atoms with Gasteiger partial charge in [-0.25, -0.2) is 4.79 Å². The molecule has 0 saturated carbocycles. The minimum Gasteiger partial charge on any atom is -0.458 e. The molecule has 2 aliphatic heterocycles. The van der Waals surface area contributed by atoms with Gasteiger partial charge in [0, 0.05) is 43.4 Å². The van der Waals surface area contributed by atoms with Gasteiger partial charge in [-0.2, -0.15) is 0 Å². The van der Waals surface area contributed by atoms with Crippen molar-refractivity contribution in [3.8, 4) is 11.3 Å². The van der Waals surface area contributed by atoms with Gasteiger partial charge >= 0.3 is 12.1 Å². The number of nitrogen functional groups attached to an aromatic ring is 1. The summed E-state index contributed by atoms with van der Waals surface area (Å²) in [7, 11) is 3.69. The molecule has 3 N–H and O–H groups in total. The zero-order valence-corrected chi connectivity index (χ0v) is 29.5. The zero-order valence-electron chi connectivity index (χ0n) is 29.5. The van der Waals surface area contributed by atoms with Gasteiger partial charge in [0.15, 0.2) is 5.60 Å². The lowest BCUT2D eigenvalue weighted by Crippen LogP contribution is -2.61. The summed E-state index contributed by atoms with van der Waals surface area (Å²) in [6, 6.07) is 6.81. The normalized spacial score (nSPS) is 34.3. The van der Waals surface area contributed by atoms with Crippen molar-refractivity contribution in [2.75, 3.05) is 25.9 Å². The van der Waals surface area contributed by atoms with E-state index in [1.807, 2.05) is 72.9 Å². The highest BCUT2D eigenvalue weighted by atomic mass is 16.6. The Hall–Kier alpha value is -3.45. The van der Waals surface area contributed by atoms with Crippen LogP contribution in [0.4, 0.5) is 10.5 Å². The van der Waals surface area contributed by atoms with Crippen molar-refractivity contribution in [1.82, 2.24) is 25.2 Å². The molecule has 1 aromatic heterocycles. The summed E-state index contributed by atoms with van der Waals surface area (Å²) in [5.74, 6) is -2.15. The number of ketones is 1. The number of anilines is 1. The minimum absolute atomic E-state index is 0.137. The Labute approximate surface area is 279 Å². The number of Topliss-reactive ketones (excluding diaryl/α,β-unsaturated/α-hetero) is 1. The van der Waals surface area contributed by atoms with Gasteiger partial charge in [-0.05, 0) is 77.4 Å². The second-order valence-corrected chi connectivity index (χ2v) is 14.1. The quantitative estimate of drug-likeness (QED) is 0.197. The van der Waals surface area contributed by atoms with Gasteiger partial charge < -0.3 is 25.3 Å². The molecule has 0 aliphatic carbocycles. The van der Waals surface area contributed by atoms with E-state index in [0.29, 0.717) is 50.3 Å². The van der Waals surface area contributed by atoms with E-state index in [4.69, 9.17) is 19.9 Å². The predicted octanol–water partition coefficient (Wildman–Crippen LogP) is 3.50. The lowest BCUT2D eigenvalue weighted by atomic mass is 9.62. The van der Waals surface area contributed by atoms with Crippen LogP contribution in [0.1, 0.15) is 67.7 Å². The van der Waals surface area contributed by atoms with E-state index in [9.17, 15) is 14.4 Å². The molecule has 3 heterocycles. The number of nitrogens with two attached hydrogens (primary N) is 1. The maximum atomic E-state index is 13.6. The topological polar surface area (TPSA) is 151 Å². The Morgan fingerprint density at radius 2 is 1.87 bits per heavy atom. The standard InChI is InChI=1S/C34H53BN6O6/c1-9-27-34(7)30(41(32(44)47-34)15-11-14-40-19-26(38-39-40)24-12-10-13-25(36)16-24)23(5)37-18-20(2)17-33(6,45-8)29(35)21(3)28(42)22(4)31(43)46-27/h10,12-13,16,19-23,27,29-30,37H,9,11,14-15,17-18,35-36H2,1-8H3/t20-,21+,22-,23-,27-,29-,30-,33-,34-/m1/s1. The zero-order chi connectivity index (χ0) is 34.7. The molecule has 1 aromatic carbocycles. The fourth-order valence-electron chi connectivity index (χ4n) is 7.48. The number of rotatable bonds is 7. The molecule has 0 bridgehead atoms. The van der Waals surface area contributed by atoms with Gasteiger partial charge in [0.25, 0.3) is 0 Å². The highest BCUT2D eigenvalue weighted by molar-refractivity contribution is 6.15. The molecule has 4 rings (SSSR count). The molecule has 0 spiro atoms. The Morgan fingerprint density at radius 3 is 2.53 bits per heavy atom. The summed E-state index contributed by atoms with van der Waals surface area (Å²) >= 11 is 0. The number of esters is 1. The molecular formula is C34H53BN6O6. The SMILES string of the molecule is B[C@@H]1[C@@H](C)C(=O)[C@@H](C)C(=O)O[C@H](CC)[C@@]2(C)OC(=O)N(CCCn3cc(-c4cccc(N)c4)nn3)[C@@H]2[C@@H](C)NC[C@H](C)C[C@@]1(C)OC. The third kappa shape index (κ3) is 7.67. The van der Waals surface area contributed by atoms with Crippen LogP contribution in [-0.2, 0) is 30.3 Å². The van der Waals surface area contributed by atoms with Crippen molar-refractivity contribution in [3.63, 3.8) is 0 Å². The summed E-state index contributed by atoms with van der Waals surface area (Å²) in [6.45, 7) is 15.0. The van der Waals surface area contributed by atoms with Gasteiger partial charge in [0.05, 0.1) is 17.8 Å². The van der Waals surface area contributed by atoms with E-state index in [2.05, 4.69) is 22.6 Å². The summed E-state index contributed by atoms with van der Waals surface area (Å²) in [4.78, 5) is 42.5. The molecule has 12 nitrogen and oxygen atoms in total. The fourth-order valence-corrected chi connectivity index (χ4v) is 7.48. The van der Waals surface area contributed by atoms with Gasteiger partial charge in [0.2, 0.25) is 0 Å². The molecule has 2 fully saturated rings. The van der Waals surface area contributed by atoms with Crippen molar-refractivity contribution in [2.45, 2.75) is 109 Å². The largest absolute Gasteiger partial charge is 0.458 e. The summed E-state index contributed by atoms with van der Waals surface area (Å²) < 4.78 is 20.0. The van der Waals surface area contributed by atoms with Crippen LogP contribution in [0.15, 0.2) is 30.5 Å². The molecule has 1 amide bonds. The maximum Gasteiger partial charge on any atom is 0.410 e. The Kier molecular flexibility index (Phi) is 11.4. The van der Waals surface area contributed by atoms with Crippen LogP contribution in [-0.4, -0.2) is 95.2 Å². The molecule has 2 saturated heterocycles. The molecule has 2 aromatic rings. The van der Waals surface area contributed by atoms with Crippen LogP contribution in [0.2, 0.25) is 5.82 Å². The number of aryl methyl sites for hydroxylation is 1. The highest BCUT2D eigenvalue weighted by Gasteiger charge is 2.58. The first kappa shape index (κ1) is 36.4. The molecular weight excluding hydrogens is 599 g/mol.